The van der Waals surface area contributed by atoms with Crippen LogP contribution in [0.3, 0.4) is 0 Å². The summed E-state index contributed by atoms with van der Waals surface area (Å²) in [5, 5.41) is 8.33. The van der Waals surface area contributed by atoms with Crippen LogP contribution in [0.25, 0.3) is 21.7 Å². The van der Waals surface area contributed by atoms with E-state index in [1.165, 1.54) is 17.0 Å². The molecule has 2 aromatic heterocycles. The molecule has 0 radical (unpaired) electrons. The lowest BCUT2D eigenvalue weighted by Crippen LogP contribution is -2.12. The first-order chi connectivity index (χ1) is 15.4. The van der Waals surface area contributed by atoms with Crippen molar-refractivity contribution in [2.45, 2.75) is 17.7 Å². The first-order valence-electron chi connectivity index (χ1n) is 9.94. The Kier molecular flexibility index (Phi) is 5.16. The number of methoxy groups -OCH3 is 1. The molecular weight excluding hydrogens is 444 g/mol. The summed E-state index contributed by atoms with van der Waals surface area (Å²) in [5.41, 5.74) is 4.76. The summed E-state index contributed by atoms with van der Waals surface area (Å²) >= 11 is 1.77. The number of benzene rings is 2. The molecule has 3 N–H and O–H groups in total. The van der Waals surface area contributed by atoms with Gasteiger partial charge in [0.2, 0.25) is 16.0 Å². The van der Waals surface area contributed by atoms with Crippen LogP contribution in [0.5, 0.6) is 5.75 Å². The summed E-state index contributed by atoms with van der Waals surface area (Å²) in [4.78, 5) is 11.7. The number of hydrogen-bond donors (Lipinski definition) is 2. The number of nitrogens with one attached hydrogen (secondary N) is 1. The molecule has 0 unspecified atom stereocenters. The van der Waals surface area contributed by atoms with Gasteiger partial charge in [-0.3, -0.25) is 0 Å². The Bertz CT molecular complexity index is 1430. The summed E-state index contributed by atoms with van der Waals surface area (Å²) in [6, 6.07) is 16.5. The maximum absolute atomic E-state index is 11.6. The molecule has 0 aliphatic heterocycles. The Morgan fingerprint density at radius 3 is 2.75 bits per heavy atom. The number of thiophene rings is 1. The Balaban J connectivity index is 1.49. The third-order valence-corrected chi connectivity index (χ3v) is 7.48. The maximum atomic E-state index is 11.6. The molecule has 2 aromatic carbocycles. The lowest BCUT2D eigenvalue weighted by Gasteiger charge is -2.16. The van der Waals surface area contributed by atoms with E-state index >= 15 is 0 Å². The van der Waals surface area contributed by atoms with Crippen LogP contribution in [0.15, 0.2) is 65.7 Å². The molecule has 1 aliphatic rings. The highest BCUT2D eigenvalue weighted by Crippen LogP contribution is 2.42. The Labute approximate surface area is 190 Å². The highest BCUT2D eigenvalue weighted by atomic mass is 32.2. The van der Waals surface area contributed by atoms with Gasteiger partial charge in [0.25, 0.3) is 0 Å². The number of nitrogens with zero attached hydrogens (tertiary/aromatic N) is 2. The lowest BCUT2D eigenvalue weighted by molar-refractivity contribution is 0.415. The van der Waals surface area contributed by atoms with Gasteiger partial charge in [-0.1, -0.05) is 18.2 Å². The molecule has 9 heteroatoms. The van der Waals surface area contributed by atoms with Crippen molar-refractivity contribution in [3.05, 3.63) is 71.2 Å². The topological polar surface area (TPSA) is 107 Å². The zero-order chi connectivity index (χ0) is 22.3. The van der Waals surface area contributed by atoms with E-state index in [0.29, 0.717) is 11.6 Å². The van der Waals surface area contributed by atoms with E-state index in [0.717, 1.165) is 45.9 Å². The van der Waals surface area contributed by atoms with Gasteiger partial charge in [-0.25, -0.2) is 23.5 Å². The van der Waals surface area contributed by atoms with E-state index in [-0.39, 0.29) is 4.90 Å². The number of anilines is 2. The van der Waals surface area contributed by atoms with E-state index in [1.807, 2.05) is 24.4 Å². The van der Waals surface area contributed by atoms with Gasteiger partial charge in [0, 0.05) is 27.2 Å². The lowest BCUT2D eigenvalue weighted by atomic mass is 9.96. The molecular formula is C23H20N4O3S2. The van der Waals surface area contributed by atoms with Crippen LogP contribution < -0.4 is 15.2 Å². The minimum Gasteiger partial charge on any atom is -0.497 e. The number of ether oxygens (including phenoxy) is 1. The Hall–Kier alpha value is -3.27. The minimum absolute atomic E-state index is 0.0310. The zero-order valence-electron chi connectivity index (χ0n) is 17.2. The van der Waals surface area contributed by atoms with E-state index in [9.17, 15) is 8.42 Å². The fraction of sp³-hybridized carbons (Fsp3) is 0.130. The van der Waals surface area contributed by atoms with Crippen molar-refractivity contribution in [3.63, 3.8) is 0 Å². The van der Waals surface area contributed by atoms with Crippen molar-refractivity contribution >= 4 is 33.0 Å². The van der Waals surface area contributed by atoms with E-state index in [1.54, 1.807) is 30.6 Å². The van der Waals surface area contributed by atoms with Gasteiger partial charge in [-0.2, -0.15) is 0 Å². The van der Waals surface area contributed by atoms with Crippen LogP contribution in [0, 0.1) is 0 Å². The highest BCUT2D eigenvalue weighted by Gasteiger charge is 2.22. The van der Waals surface area contributed by atoms with Crippen molar-refractivity contribution in [2.75, 3.05) is 12.4 Å². The van der Waals surface area contributed by atoms with Gasteiger partial charge in [-0.05, 0) is 60.4 Å². The summed E-state index contributed by atoms with van der Waals surface area (Å²) in [6.45, 7) is 0. The molecule has 32 heavy (non-hydrogen) atoms. The number of hydrogen-bond acceptors (Lipinski definition) is 7. The second kappa shape index (κ2) is 8.01. The number of fused-ring (bicyclic) bond motifs is 3. The molecule has 0 fully saturated rings. The van der Waals surface area contributed by atoms with Gasteiger partial charge in [0.05, 0.1) is 17.7 Å². The van der Waals surface area contributed by atoms with Crippen LogP contribution in [-0.4, -0.2) is 25.5 Å². The first-order valence-corrected chi connectivity index (χ1v) is 12.3. The average Bonchev–Trinajstić information content (AvgIpc) is 3.24. The molecule has 1 aliphatic carbocycles. The van der Waals surface area contributed by atoms with Gasteiger partial charge in [0.1, 0.15) is 5.75 Å². The fourth-order valence-corrected chi connectivity index (χ4v) is 5.46. The standard InChI is InChI=1S/C23H20N4O3S2/c1-30-17-6-2-4-14(10-17)21-12-19-20(31-21)9-8-15-13-25-23(27-22(15)19)26-16-5-3-7-18(11-16)32(24,28)29/h2-7,10-13H,8-9H2,1H3,(H2,24,28,29)(H,25,26,27). The number of nitrogens with two attached hydrogens (primary N) is 1. The Morgan fingerprint density at radius 2 is 1.94 bits per heavy atom. The van der Waals surface area contributed by atoms with Crippen molar-refractivity contribution in [1.29, 1.82) is 0 Å². The molecule has 4 aromatic rings. The molecule has 0 spiro atoms. The average molecular weight is 465 g/mol. The number of primary sulfonamides is 1. The van der Waals surface area contributed by atoms with Crippen LogP contribution in [-0.2, 0) is 22.9 Å². The third kappa shape index (κ3) is 3.97. The van der Waals surface area contributed by atoms with Crippen molar-refractivity contribution in [1.82, 2.24) is 9.97 Å². The maximum Gasteiger partial charge on any atom is 0.238 e. The normalized spacial score (nSPS) is 12.7. The quantitative estimate of drug-likeness (QED) is 0.454. The third-order valence-electron chi connectivity index (χ3n) is 5.32. The summed E-state index contributed by atoms with van der Waals surface area (Å²) in [5.74, 6) is 1.22. The molecule has 0 amide bonds. The first kappa shape index (κ1) is 20.6. The summed E-state index contributed by atoms with van der Waals surface area (Å²) in [6.07, 6.45) is 3.66. The largest absolute Gasteiger partial charge is 0.497 e. The second-order valence-corrected chi connectivity index (χ2v) is 10.1. The van der Waals surface area contributed by atoms with Crippen LogP contribution in [0.2, 0.25) is 0 Å². The van der Waals surface area contributed by atoms with Gasteiger partial charge < -0.3 is 10.1 Å². The molecule has 2 heterocycles. The molecule has 162 valence electrons. The number of rotatable bonds is 5. The van der Waals surface area contributed by atoms with Crippen molar-refractivity contribution < 1.29 is 13.2 Å². The van der Waals surface area contributed by atoms with Crippen LogP contribution >= 0.6 is 11.3 Å². The number of aromatic nitrogens is 2. The Morgan fingerprint density at radius 1 is 1.09 bits per heavy atom. The summed E-state index contributed by atoms with van der Waals surface area (Å²) in [7, 11) is -2.12. The SMILES string of the molecule is COc1cccc(-c2cc3c(s2)CCc2cnc(Nc4cccc(S(N)(=O)=O)c4)nc2-3)c1. The minimum atomic E-state index is -3.79. The van der Waals surface area contributed by atoms with Crippen molar-refractivity contribution in [3.8, 4) is 27.4 Å². The van der Waals surface area contributed by atoms with E-state index in [4.69, 9.17) is 14.9 Å². The fourth-order valence-electron chi connectivity index (χ4n) is 3.74. The number of sulfonamides is 1. The predicted octanol–water partition coefficient (Wildman–Crippen LogP) is 4.37. The van der Waals surface area contributed by atoms with Gasteiger partial charge >= 0.3 is 0 Å². The molecule has 0 atom stereocenters. The van der Waals surface area contributed by atoms with Crippen LogP contribution in [0.4, 0.5) is 11.6 Å². The molecule has 0 bridgehead atoms. The monoisotopic (exact) mass is 464 g/mol. The molecule has 0 saturated carbocycles. The second-order valence-electron chi connectivity index (χ2n) is 7.44. The molecule has 5 rings (SSSR count). The van der Waals surface area contributed by atoms with E-state index in [2.05, 4.69) is 22.4 Å². The summed E-state index contributed by atoms with van der Waals surface area (Å²) < 4.78 is 28.6. The van der Waals surface area contributed by atoms with Crippen LogP contribution in [0.1, 0.15) is 10.4 Å². The van der Waals surface area contributed by atoms with Gasteiger partial charge in [-0.15, -0.1) is 11.3 Å². The van der Waals surface area contributed by atoms with Gasteiger partial charge in [0.15, 0.2) is 0 Å². The number of aryl methyl sites for hydroxylation is 2. The highest BCUT2D eigenvalue weighted by molar-refractivity contribution is 7.89. The molecule has 7 nitrogen and oxygen atoms in total. The zero-order valence-corrected chi connectivity index (χ0v) is 18.8. The predicted molar refractivity (Wildman–Crippen MR) is 126 cm³/mol. The molecule has 0 saturated heterocycles. The van der Waals surface area contributed by atoms with Crippen molar-refractivity contribution in [2.24, 2.45) is 5.14 Å². The van der Waals surface area contributed by atoms with E-state index < -0.39 is 10.0 Å². The smallest absolute Gasteiger partial charge is 0.238 e.